The zero-order valence-electron chi connectivity index (χ0n) is 12.0. The van der Waals surface area contributed by atoms with Crippen molar-refractivity contribution in [2.75, 3.05) is 11.9 Å². The highest BCUT2D eigenvalue weighted by Gasteiger charge is 2.33. The molecule has 0 saturated heterocycles. The molecule has 0 spiro atoms. The van der Waals surface area contributed by atoms with Gasteiger partial charge in [0.05, 0.1) is 17.8 Å². The first kappa shape index (κ1) is 17.0. The largest absolute Gasteiger partial charge is 0.418 e. The topological polar surface area (TPSA) is 58.2 Å². The summed E-state index contributed by atoms with van der Waals surface area (Å²) >= 11 is 0. The van der Waals surface area contributed by atoms with Crippen LogP contribution in [0.2, 0.25) is 0 Å². The smallest absolute Gasteiger partial charge is 0.347 e. The minimum Gasteiger partial charge on any atom is -0.347 e. The van der Waals surface area contributed by atoms with E-state index in [2.05, 4.69) is 10.6 Å². The van der Waals surface area contributed by atoms with Crippen LogP contribution in [0.1, 0.15) is 26.3 Å². The molecule has 1 aromatic rings. The number of halogens is 3. The van der Waals surface area contributed by atoms with Gasteiger partial charge >= 0.3 is 6.18 Å². The number of rotatable bonds is 3. The third-order valence-corrected chi connectivity index (χ3v) is 2.60. The van der Waals surface area contributed by atoms with Crippen molar-refractivity contribution in [3.63, 3.8) is 0 Å². The van der Waals surface area contributed by atoms with Crippen LogP contribution in [0.3, 0.4) is 0 Å². The van der Waals surface area contributed by atoms with Gasteiger partial charge in [-0.15, -0.1) is 0 Å². The Morgan fingerprint density at radius 2 is 1.67 bits per heavy atom. The molecule has 7 heteroatoms. The summed E-state index contributed by atoms with van der Waals surface area (Å²) in [6.45, 7) is 4.61. The maximum absolute atomic E-state index is 12.7. The van der Waals surface area contributed by atoms with Crippen LogP contribution >= 0.6 is 0 Å². The van der Waals surface area contributed by atoms with E-state index in [1.165, 1.54) is 12.1 Å². The lowest BCUT2D eigenvalue weighted by molar-refractivity contribution is -0.137. The number of carbonyl (C=O) groups is 2. The first-order valence-electron chi connectivity index (χ1n) is 6.26. The molecule has 0 aliphatic rings. The number of carbonyl (C=O) groups excluding carboxylic acids is 2. The Hall–Kier alpha value is -2.05. The third-order valence-electron chi connectivity index (χ3n) is 2.60. The molecule has 116 valence electrons. The van der Waals surface area contributed by atoms with Crippen molar-refractivity contribution in [2.24, 2.45) is 5.41 Å². The number of anilines is 1. The van der Waals surface area contributed by atoms with E-state index in [-0.39, 0.29) is 18.1 Å². The van der Waals surface area contributed by atoms with Crippen molar-refractivity contribution < 1.29 is 22.8 Å². The number of amides is 2. The monoisotopic (exact) mass is 302 g/mol. The van der Waals surface area contributed by atoms with Gasteiger partial charge in [-0.25, -0.2) is 0 Å². The Morgan fingerprint density at radius 1 is 1.10 bits per heavy atom. The molecule has 0 bridgehead atoms. The lowest BCUT2D eigenvalue weighted by Gasteiger charge is -2.18. The Balaban J connectivity index is 2.71. The van der Waals surface area contributed by atoms with E-state index >= 15 is 0 Å². The fourth-order valence-electron chi connectivity index (χ4n) is 1.46. The molecular formula is C14H17F3N2O2. The Kier molecular flexibility index (Phi) is 4.98. The lowest BCUT2D eigenvalue weighted by atomic mass is 9.96. The summed E-state index contributed by atoms with van der Waals surface area (Å²) in [5.41, 5.74) is -1.94. The van der Waals surface area contributed by atoms with Crippen molar-refractivity contribution in [2.45, 2.75) is 26.9 Å². The van der Waals surface area contributed by atoms with Gasteiger partial charge in [-0.2, -0.15) is 13.2 Å². The summed E-state index contributed by atoms with van der Waals surface area (Å²) in [5.74, 6) is -1.08. The van der Waals surface area contributed by atoms with E-state index in [0.29, 0.717) is 0 Å². The molecule has 0 saturated carbocycles. The van der Waals surface area contributed by atoms with Crippen LogP contribution in [0.5, 0.6) is 0 Å². The Labute approximate surface area is 120 Å². The summed E-state index contributed by atoms with van der Waals surface area (Å²) < 4.78 is 38.2. The number of para-hydroxylation sites is 1. The second-order valence-corrected chi connectivity index (χ2v) is 5.52. The van der Waals surface area contributed by atoms with Crippen LogP contribution in [-0.4, -0.2) is 18.4 Å². The predicted molar refractivity (Wildman–Crippen MR) is 72.5 cm³/mol. The highest BCUT2D eigenvalue weighted by molar-refractivity contribution is 5.95. The SMILES string of the molecule is CC(C)(C)C(=O)NCC(=O)Nc1ccccc1C(F)(F)F. The van der Waals surface area contributed by atoms with Gasteiger partial charge in [0.15, 0.2) is 0 Å². The molecule has 2 N–H and O–H groups in total. The van der Waals surface area contributed by atoms with Crippen LogP contribution in [-0.2, 0) is 15.8 Å². The molecule has 2 amide bonds. The van der Waals surface area contributed by atoms with Gasteiger partial charge in [0.1, 0.15) is 0 Å². The molecule has 21 heavy (non-hydrogen) atoms. The van der Waals surface area contributed by atoms with Gasteiger partial charge in [-0.1, -0.05) is 32.9 Å². The standard InChI is InChI=1S/C14H17F3N2O2/c1-13(2,3)12(21)18-8-11(20)19-10-7-5-4-6-9(10)14(15,16)17/h4-7H,8H2,1-3H3,(H,18,21)(H,19,20). The molecule has 0 radical (unpaired) electrons. The normalized spacial score (nSPS) is 11.9. The van der Waals surface area contributed by atoms with Crippen molar-refractivity contribution in [1.82, 2.24) is 5.32 Å². The summed E-state index contributed by atoms with van der Waals surface area (Å²) in [6.07, 6.45) is -4.56. The molecule has 0 fully saturated rings. The van der Waals surface area contributed by atoms with E-state index in [1.807, 2.05) is 0 Å². The van der Waals surface area contributed by atoms with Crippen LogP contribution < -0.4 is 10.6 Å². The minimum atomic E-state index is -4.56. The van der Waals surface area contributed by atoms with E-state index < -0.39 is 23.1 Å². The fourth-order valence-corrected chi connectivity index (χ4v) is 1.46. The molecule has 4 nitrogen and oxygen atoms in total. The lowest BCUT2D eigenvalue weighted by Crippen LogP contribution is -2.39. The van der Waals surface area contributed by atoms with Crippen LogP contribution in [0.25, 0.3) is 0 Å². The maximum Gasteiger partial charge on any atom is 0.418 e. The molecule has 0 unspecified atom stereocenters. The maximum atomic E-state index is 12.7. The van der Waals surface area contributed by atoms with Gasteiger partial charge in [-0.05, 0) is 12.1 Å². The van der Waals surface area contributed by atoms with E-state index in [4.69, 9.17) is 0 Å². The van der Waals surface area contributed by atoms with Crippen LogP contribution in [0.4, 0.5) is 18.9 Å². The highest BCUT2D eigenvalue weighted by Crippen LogP contribution is 2.34. The van der Waals surface area contributed by atoms with Crippen molar-refractivity contribution in [1.29, 1.82) is 0 Å². The zero-order valence-corrected chi connectivity index (χ0v) is 12.0. The van der Waals surface area contributed by atoms with Crippen molar-refractivity contribution in [3.05, 3.63) is 29.8 Å². The predicted octanol–water partition coefficient (Wildman–Crippen LogP) is 2.81. The van der Waals surface area contributed by atoms with Crippen LogP contribution in [0, 0.1) is 5.41 Å². The van der Waals surface area contributed by atoms with E-state index in [1.54, 1.807) is 20.8 Å². The highest BCUT2D eigenvalue weighted by atomic mass is 19.4. The molecule has 0 atom stereocenters. The summed E-state index contributed by atoms with van der Waals surface area (Å²) in [7, 11) is 0. The average Bonchev–Trinajstić information content (AvgIpc) is 2.34. The molecule has 1 rings (SSSR count). The van der Waals surface area contributed by atoms with E-state index in [9.17, 15) is 22.8 Å². The molecule has 1 aromatic carbocycles. The quantitative estimate of drug-likeness (QED) is 0.902. The first-order valence-corrected chi connectivity index (χ1v) is 6.26. The van der Waals surface area contributed by atoms with Crippen LogP contribution in [0.15, 0.2) is 24.3 Å². The molecule has 0 aliphatic carbocycles. The second-order valence-electron chi connectivity index (χ2n) is 5.52. The third kappa shape index (κ3) is 5.09. The minimum absolute atomic E-state index is 0.333. The number of hydrogen-bond acceptors (Lipinski definition) is 2. The number of alkyl halides is 3. The van der Waals surface area contributed by atoms with Gasteiger partial charge in [-0.3, -0.25) is 9.59 Å². The summed E-state index contributed by atoms with van der Waals surface area (Å²) in [4.78, 5) is 23.2. The van der Waals surface area contributed by atoms with Crippen molar-refractivity contribution in [3.8, 4) is 0 Å². The van der Waals surface area contributed by atoms with Gasteiger partial charge in [0.25, 0.3) is 0 Å². The number of nitrogens with one attached hydrogen (secondary N) is 2. The molecule has 0 aliphatic heterocycles. The van der Waals surface area contributed by atoms with Gasteiger partial charge in [0, 0.05) is 5.41 Å². The molecule has 0 heterocycles. The zero-order chi connectivity index (χ0) is 16.3. The van der Waals surface area contributed by atoms with Crippen molar-refractivity contribution >= 4 is 17.5 Å². The summed E-state index contributed by atoms with van der Waals surface area (Å²) in [6, 6.07) is 4.66. The average molecular weight is 302 g/mol. The van der Waals surface area contributed by atoms with Gasteiger partial charge in [0.2, 0.25) is 11.8 Å². The second kappa shape index (κ2) is 6.15. The number of benzene rings is 1. The van der Waals surface area contributed by atoms with Gasteiger partial charge < -0.3 is 10.6 Å². The summed E-state index contributed by atoms with van der Waals surface area (Å²) in [5, 5.41) is 4.52. The first-order chi connectivity index (χ1) is 9.51. The Morgan fingerprint density at radius 3 is 2.19 bits per heavy atom. The molecular weight excluding hydrogens is 285 g/mol. The Bertz CT molecular complexity index is 534. The fraction of sp³-hybridized carbons (Fsp3) is 0.429. The molecule has 0 aromatic heterocycles. The van der Waals surface area contributed by atoms with E-state index in [0.717, 1.165) is 12.1 Å². The number of hydrogen-bond donors (Lipinski definition) is 2.